The number of aryl methyl sites for hydroxylation is 1. The lowest BCUT2D eigenvalue weighted by Gasteiger charge is -1.90. The molecule has 0 aliphatic carbocycles. The van der Waals surface area contributed by atoms with Crippen LogP contribution in [-0.4, -0.2) is 15.6 Å². The van der Waals surface area contributed by atoms with Crippen LogP contribution in [0.1, 0.15) is 17.0 Å². The molecule has 0 fully saturated rings. The summed E-state index contributed by atoms with van der Waals surface area (Å²) in [6.45, 7) is 3.78. The van der Waals surface area contributed by atoms with E-state index >= 15 is 0 Å². The van der Waals surface area contributed by atoms with Gasteiger partial charge in [-0.05, 0) is 13.8 Å². The van der Waals surface area contributed by atoms with Crippen LogP contribution >= 0.6 is 0 Å². The van der Waals surface area contributed by atoms with Crippen molar-refractivity contribution < 1.29 is 8.73 Å². The highest BCUT2D eigenvalue weighted by Crippen LogP contribution is 2.12. The third-order valence-electron chi connectivity index (χ3n) is 1.59. The van der Waals surface area contributed by atoms with Crippen LogP contribution < -0.4 is 0 Å². The van der Waals surface area contributed by atoms with Crippen LogP contribution in [0.4, 0.5) is 0 Å². The summed E-state index contributed by atoms with van der Waals surface area (Å²) in [6, 6.07) is 0. The Labute approximate surface area is 68.2 Å². The van der Waals surface area contributed by atoms with Crippen LogP contribution in [-0.2, 0) is 16.6 Å². The Balaban J connectivity index is 2.87. The second-order valence-corrected chi connectivity index (χ2v) is 3.96. The van der Waals surface area contributed by atoms with Gasteiger partial charge in [0.15, 0.2) is 0 Å². The molecule has 0 amide bonds. The predicted molar refractivity (Wildman–Crippen MR) is 43.7 cm³/mol. The van der Waals surface area contributed by atoms with Crippen LogP contribution in [0.3, 0.4) is 0 Å². The molecular weight excluding hydrogens is 162 g/mol. The highest BCUT2D eigenvalue weighted by atomic mass is 32.2. The Morgan fingerprint density at radius 1 is 1.55 bits per heavy atom. The first-order valence-corrected chi connectivity index (χ1v) is 5.05. The van der Waals surface area contributed by atoms with Crippen molar-refractivity contribution in [3.8, 4) is 0 Å². The Morgan fingerprint density at radius 3 is 2.55 bits per heavy atom. The van der Waals surface area contributed by atoms with Gasteiger partial charge < -0.3 is 4.52 Å². The third-order valence-corrected chi connectivity index (χ3v) is 2.27. The maximum Gasteiger partial charge on any atom is 0.136 e. The molecule has 0 radical (unpaired) electrons. The topological polar surface area (TPSA) is 43.1 Å². The van der Waals surface area contributed by atoms with E-state index in [1.54, 1.807) is 6.26 Å². The van der Waals surface area contributed by atoms with Crippen molar-refractivity contribution in [2.24, 2.45) is 0 Å². The lowest BCUT2D eigenvalue weighted by atomic mass is 10.2. The second kappa shape index (κ2) is 3.17. The normalized spacial score (nSPS) is 13.4. The summed E-state index contributed by atoms with van der Waals surface area (Å²) in [4.78, 5) is 0. The molecule has 0 spiro atoms. The van der Waals surface area contributed by atoms with E-state index in [9.17, 15) is 4.21 Å². The van der Waals surface area contributed by atoms with Gasteiger partial charge in [0.05, 0.1) is 11.4 Å². The highest BCUT2D eigenvalue weighted by molar-refractivity contribution is 7.83. The molecule has 1 unspecified atom stereocenters. The summed E-state index contributed by atoms with van der Waals surface area (Å²) in [6.07, 6.45) is 1.66. The monoisotopic (exact) mass is 173 g/mol. The summed E-state index contributed by atoms with van der Waals surface area (Å²) in [7, 11) is -0.836. The summed E-state index contributed by atoms with van der Waals surface area (Å²) in [5.74, 6) is 1.30. The molecule has 0 saturated carbocycles. The van der Waals surface area contributed by atoms with Gasteiger partial charge >= 0.3 is 0 Å². The number of rotatable bonds is 2. The van der Waals surface area contributed by atoms with Gasteiger partial charge in [0.2, 0.25) is 0 Å². The summed E-state index contributed by atoms with van der Waals surface area (Å²) in [5.41, 5.74) is 1.82. The number of hydrogen-bond acceptors (Lipinski definition) is 3. The van der Waals surface area contributed by atoms with Crippen molar-refractivity contribution in [3.63, 3.8) is 0 Å². The lowest BCUT2D eigenvalue weighted by molar-refractivity contribution is 0.392. The zero-order valence-electron chi connectivity index (χ0n) is 6.88. The fraction of sp³-hybridized carbons (Fsp3) is 0.571. The number of aromatic nitrogens is 1. The molecule has 0 bridgehead atoms. The molecule has 0 aromatic carbocycles. The summed E-state index contributed by atoms with van der Waals surface area (Å²) >= 11 is 0. The molecule has 11 heavy (non-hydrogen) atoms. The quantitative estimate of drug-likeness (QED) is 0.674. The Bertz CT molecular complexity index is 280. The predicted octanol–water partition coefficient (Wildman–Crippen LogP) is 1.17. The SMILES string of the molecule is Cc1onc(CS(C)=O)c1C. The van der Waals surface area contributed by atoms with Gasteiger partial charge in [-0.1, -0.05) is 5.16 Å². The Morgan fingerprint density at radius 2 is 2.18 bits per heavy atom. The van der Waals surface area contributed by atoms with E-state index in [2.05, 4.69) is 5.16 Å². The molecule has 4 heteroatoms. The Hall–Kier alpha value is -0.640. The minimum absolute atomic E-state index is 0.489. The molecule has 1 aromatic heterocycles. The molecule has 3 nitrogen and oxygen atoms in total. The largest absolute Gasteiger partial charge is 0.361 e. The van der Waals surface area contributed by atoms with Crippen LogP contribution in [0.25, 0.3) is 0 Å². The molecule has 62 valence electrons. The van der Waals surface area contributed by atoms with Gasteiger partial charge in [0, 0.05) is 22.6 Å². The number of hydrogen-bond donors (Lipinski definition) is 0. The van der Waals surface area contributed by atoms with Crippen LogP contribution in [0.15, 0.2) is 4.52 Å². The molecule has 1 aromatic rings. The zero-order valence-corrected chi connectivity index (χ0v) is 7.70. The van der Waals surface area contributed by atoms with E-state index in [4.69, 9.17) is 4.52 Å². The maximum absolute atomic E-state index is 10.8. The van der Waals surface area contributed by atoms with Gasteiger partial charge in [-0.25, -0.2) is 0 Å². The van der Waals surface area contributed by atoms with Crippen molar-refractivity contribution in [2.45, 2.75) is 19.6 Å². The molecule has 1 atom stereocenters. The smallest absolute Gasteiger partial charge is 0.136 e. The standard InChI is InChI=1S/C7H11NO2S/c1-5-6(2)10-8-7(5)4-11(3)9/h4H2,1-3H3. The minimum Gasteiger partial charge on any atom is -0.361 e. The molecule has 0 aliphatic heterocycles. The lowest BCUT2D eigenvalue weighted by Crippen LogP contribution is -1.94. The Kier molecular flexibility index (Phi) is 2.44. The average Bonchev–Trinajstić information content (AvgIpc) is 2.18. The van der Waals surface area contributed by atoms with Gasteiger partial charge in [-0.2, -0.15) is 0 Å². The van der Waals surface area contributed by atoms with Gasteiger partial charge in [0.1, 0.15) is 5.76 Å². The van der Waals surface area contributed by atoms with E-state index < -0.39 is 10.8 Å². The molecule has 0 aliphatic rings. The zero-order chi connectivity index (χ0) is 8.43. The second-order valence-electron chi connectivity index (χ2n) is 2.53. The van der Waals surface area contributed by atoms with Crippen molar-refractivity contribution in [3.05, 3.63) is 17.0 Å². The molecule has 1 heterocycles. The minimum atomic E-state index is -0.836. The van der Waals surface area contributed by atoms with Crippen LogP contribution in [0.5, 0.6) is 0 Å². The maximum atomic E-state index is 10.8. The first kappa shape index (κ1) is 8.46. The van der Waals surface area contributed by atoms with E-state index in [0.717, 1.165) is 17.0 Å². The van der Waals surface area contributed by atoms with E-state index in [1.165, 1.54) is 0 Å². The van der Waals surface area contributed by atoms with E-state index in [1.807, 2.05) is 13.8 Å². The molecular formula is C7H11NO2S. The summed E-state index contributed by atoms with van der Waals surface area (Å²) in [5, 5.41) is 3.79. The van der Waals surface area contributed by atoms with E-state index in [0.29, 0.717) is 5.75 Å². The van der Waals surface area contributed by atoms with Crippen molar-refractivity contribution in [1.82, 2.24) is 5.16 Å². The van der Waals surface area contributed by atoms with Gasteiger partial charge in [-0.3, -0.25) is 4.21 Å². The fourth-order valence-electron chi connectivity index (χ4n) is 0.791. The van der Waals surface area contributed by atoms with Crippen LogP contribution in [0, 0.1) is 13.8 Å². The first-order chi connectivity index (χ1) is 5.11. The molecule has 0 N–H and O–H groups in total. The fourth-order valence-corrected chi connectivity index (χ4v) is 1.45. The van der Waals surface area contributed by atoms with Crippen molar-refractivity contribution >= 4 is 10.8 Å². The molecule has 0 saturated heterocycles. The molecule has 1 rings (SSSR count). The van der Waals surface area contributed by atoms with E-state index in [-0.39, 0.29) is 0 Å². The average molecular weight is 173 g/mol. The van der Waals surface area contributed by atoms with Crippen molar-refractivity contribution in [2.75, 3.05) is 6.26 Å². The van der Waals surface area contributed by atoms with Gasteiger partial charge in [-0.15, -0.1) is 0 Å². The highest BCUT2D eigenvalue weighted by Gasteiger charge is 2.08. The van der Waals surface area contributed by atoms with Crippen molar-refractivity contribution in [1.29, 1.82) is 0 Å². The van der Waals surface area contributed by atoms with Crippen LogP contribution in [0.2, 0.25) is 0 Å². The third kappa shape index (κ3) is 1.89. The summed E-state index contributed by atoms with van der Waals surface area (Å²) < 4.78 is 15.7. The first-order valence-electron chi connectivity index (χ1n) is 3.33. The van der Waals surface area contributed by atoms with Gasteiger partial charge in [0.25, 0.3) is 0 Å². The number of nitrogens with zero attached hydrogens (tertiary/aromatic N) is 1.